The van der Waals surface area contributed by atoms with E-state index in [4.69, 9.17) is 5.11 Å². The minimum absolute atomic E-state index is 0.0365. The van der Waals surface area contributed by atoms with Crippen LogP contribution in [0.25, 0.3) is 0 Å². The lowest BCUT2D eigenvalue weighted by Gasteiger charge is -2.14. The summed E-state index contributed by atoms with van der Waals surface area (Å²) in [6, 6.07) is 7.39. The smallest absolute Gasteiger partial charge is 0.305 e. The summed E-state index contributed by atoms with van der Waals surface area (Å²) in [5, 5.41) is 11.4. The maximum absolute atomic E-state index is 11.7. The van der Waals surface area contributed by atoms with Crippen molar-refractivity contribution in [2.45, 2.75) is 30.7 Å². The Bertz CT molecular complexity index is 436. The van der Waals surface area contributed by atoms with Gasteiger partial charge >= 0.3 is 5.97 Å². The van der Waals surface area contributed by atoms with Crippen molar-refractivity contribution in [1.29, 1.82) is 0 Å². The molecule has 0 saturated heterocycles. The van der Waals surface area contributed by atoms with Crippen LogP contribution in [-0.2, 0) is 9.59 Å². The molecule has 6 heteroatoms. The molecule has 0 heterocycles. The van der Waals surface area contributed by atoms with E-state index in [2.05, 4.69) is 21.2 Å². The number of carboxylic acid groups (broad SMARTS) is 1. The number of benzene rings is 1. The van der Waals surface area contributed by atoms with E-state index in [0.29, 0.717) is 6.42 Å². The Balaban J connectivity index is 2.38. The zero-order valence-electron chi connectivity index (χ0n) is 10.6. The Morgan fingerprint density at radius 1 is 1.37 bits per heavy atom. The van der Waals surface area contributed by atoms with Gasteiger partial charge in [0.1, 0.15) is 0 Å². The highest BCUT2D eigenvalue weighted by Crippen LogP contribution is 2.20. The highest BCUT2D eigenvalue weighted by molar-refractivity contribution is 9.10. The first-order valence-corrected chi connectivity index (χ1v) is 7.68. The van der Waals surface area contributed by atoms with Gasteiger partial charge in [-0.25, -0.2) is 0 Å². The molecule has 0 bridgehead atoms. The van der Waals surface area contributed by atoms with Crippen molar-refractivity contribution in [1.82, 2.24) is 5.32 Å². The molecule has 0 aliphatic heterocycles. The molecule has 0 aliphatic carbocycles. The molecular formula is C13H16BrNO3S. The number of amides is 1. The molecule has 1 aromatic carbocycles. The summed E-state index contributed by atoms with van der Waals surface area (Å²) < 4.78 is 0.994. The van der Waals surface area contributed by atoms with Crippen LogP contribution < -0.4 is 5.32 Å². The van der Waals surface area contributed by atoms with Crippen molar-refractivity contribution < 1.29 is 14.7 Å². The van der Waals surface area contributed by atoms with E-state index in [1.165, 1.54) is 11.8 Å². The molecule has 0 spiro atoms. The van der Waals surface area contributed by atoms with E-state index >= 15 is 0 Å². The van der Waals surface area contributed by atoms with E-state index in [9.17, 15) is 9.59 Å². The van der Waals surface area contributed by atoms with Crippen LogP contribution >= 0.6 is 27.7 Å². The van der Waals surface area contributed by atoms with Gasteiger partial charge in [-0.15, -0.1) is 11.8 Å². The summed E-state index contributed by atoms with van der Waals surface area (Å²) in [6.45, 7) is 1.86. The molecule has 1 amide bonds. The number of carboxylic acids is 1. The van der Waals surface area contributed by atoms with Gasteiger partial charge in [0, 0.05) is 15.4 Å². The highest BCUT2D eigenvalue weighted by atomic mass is 79.9. The molecule has 0 aliphatic rings. The monoisotopic (exact) mass is 345 g/mol. The molecular weight excluding hydrogens is 330 g/mol. The fourth-order valence-electron chi connectivity index (χ4n) is 1.46. The van der Waals surface area contributed by atoms with Crippen LogP contribution in [0.15, 0.2) is 33.6 Å². The summed E-state index contributed by atoms with van der Waals surface area (Å²) in [6.07, 6.45) is 0.576. The normalized spacial score (nSPS) is 11.9. The second-order valence-electron chi connectivity index (χ2n) is 4.01. The number of hydrogen-bond acceptors (Lipinski definition) is 3. The van der Waals surface area contributed by atoms with Crippen molar-refractivity contribution in [2.24, 2.45) is 0 Å². The van der Waals surface area contributed by atoms with Crippen LogP contribution in [0.3, 0.4) is 0 Å². The van der Waals surface area contributed by atoms with Gasteiger partial charge in [-0.2, -0.15) is 0 Å². The lowest BCUT2D eigenvalue weighted by Crippen LogP contribution is -2.37. The molecule has 1 unspecified atom stereocenters. The Kier molecular flexibility index (Phi) is 6.94. The maximum atomic E-state index is 11.7. The molecule has 1 aromatic rings. The lowest BCUT2D eigenvalue weighted by atomic mass is 10.1. The number of thioether (sulfide) groups is 1. The Hall–Kier alpha value is -1.01. The fraction of sp³-hybridized carbons (Fsp3) is 0.385. The van der Waals surface area contributed by atoms with Crippen LogP contribution in [-0.4, -0.2) is 28.8 Å². The second-order valence-corrected chi connectivity index (χ2v) is 5.98. The Morgan fingerprint density at radius 2 is 2.00 bits per heavy atom. The molecule has 1 rings (SSSR count). The van der Waals surface area contributed by atoms with Crippen molar-refractivity contribution >= 4 is 39.6 Å². The predicted molar refractivity (Wildman–Crippen MR) is 79.3 cm³/mol. The summed E-state index contributed by atoms with van der Waals surface area (Å²) in [4.78, 5) is 23.3. The van der Waals surface area contributed by atoms with E-state index < -0.39 is 5.97 Å². The van der Waals surface area contributed by atoms with E-state index in [-0.39, 0.29) is 24.1 Å². The molecule has 4 nitrogen and oxygen atoms in total. The summed E-state index contributed by atoms with van der Waals surface area (Å²) >= 11 is 4.77. The number of carbonyl (C=O) groups excluding carboxylic acids is 1. The Labute approximate surface area is 125 Å². The van der Waals surface area contributed by atoms with Crippen LogP contribution in [0.2, 0.25) is 0 Å². The minimum atomic E-state index is -0.896. The van der Waals surface area contributed by atoms with E-state index in [1.807, 2.05) is 31.2 Å². The SMILES string of the molecule is CCC(CC(=O)O)NC(=O)CSc1ccc(Br)cc1. The number of aliphatic carboxylic acids is 1. The molecule has 0 aromatic heterocycles. The molecule has 19 heavy (non-hydrogen) atoms. The molecule has 0 fully saturated rings. The van der Waals surface area contributed by atoms with Crippen LogP contribution in [0.1, 0.15) is 19.8 Å². The van der Waals surface area contributed by atoms with Crippen molar-refractivity contribution in [3.05, 3.63) is 28.7 Å². The average molecular weight is 346 g/mol. The van der Waals surface area contributed by atoms with Gasteiger partial charge in [-0.05, 0) is 30.7 Å². The van der Waals surface area contributed by atoms with Gasteiger partial charge in [-0.3, -0.25) is 9.59 Å². The molecule has 0 saturated carbocycles. The zero-order chi connectivity index (χ0) is 14.3. The van der Waals surface area contributed by atoms with Crippen LogP contribution in [0.4, 0.5) is 0 Å². The number of rotatable bonds is 7. The molecule has 104 valence electrons. The van der Waals surface area contributed by atoms with Crippen LogP contribution in [0, 0.1) is 0 Å². The van der Waals surface area contributed by atoms with Crippen LogP contribution in [0.5, 0.6) is 0 Å². The molecule has 1 atom stereocenters. The van der Waals surface area contributed by atoms with Gasteiger partial charge in [0.15, 0.2) is 0 Å². The van der Waals surface area contributed by atoms with Crippen molar-refractivity contribution in [3.8, 4) is 0 Å². The number of hydrogen-bond donors (Lipinski definition) is 2. The first-order chi connectivity index (χ1) is 9.01. The zero-order valence-corrected chi connectivity index (χ0v) is 13.0. The van der Waals surface area contributed by atoms with E-state index in [1.54, 1.807) is 0 Å². The number of nitrogens with one attached hydrogen (secondary N) is 1. The quantitative estimate of drug-likeness (QED) is 0.745. The third-order valence-electron chi connectivity index (χ3n) is 2.46. The van der Waals surface area contributed by atoms with Gasteiger partial charge in [0.05, 0.1) is 12.2 Å². The number of halogens is 1. The van der Waals surface area contributed by atoms with Gasteiger partial charge in [-0.1, -0.05) is 22.9 Å². The lowest BCUT2D eigenvalue weighted by molar-refractivity contribution is -0.137. The van der Waals surface area contributed by atoms with Crippen molar-refractivity contribution in [2.75, 3.05) is 5.75 Å². The topological polar surface area (TPSA) is 66.4 Å². The van der Waals surface area contributed by atoms with Crippen molar-refractivity contribution in [3.63, 3.8) is 0 Å². The standard InChI is InChI=1S/C13H16BrNO3S/c1-2-10(7-13(17)18)15-12(16)8-19-11-5-3-9(14)4-6-11/h3-6,10H,2,7-8H2,1H3,(H,15,16)(H,17,18). The average Bonchev–Trinajstić information content (AvgIpc) is 2.36. The third kappa shape index (κ3) is 6.63. The van der Waals surface area contributed by atoms with Gasteiger partial charge in [0.2, 0.25) is 5.91 Å². The molecule has 0 radical (unpaired) electrons. The maximum Gasteiger partial charge on any atom is 0.305 e. The number of carbonyl (C=O) groups is 2. The largest absolute Gasteiger partial charge is 0.481 e. The van der Waals surface area contributed by atoms with E-state index in [0.717, 1.165) is 9.37 Å². The first kappa shape index (κ1) is 16.0. The first-order valence-electron chi connectivity index (χ1n) is 5.90. The predicted octanol–water partition coefficient (Wildman–Crippen LogP) is 2.91. The second kappa shape index (κ2) is 8.22. The van der Waals surface area contributed by atoms with Gasteiger partial charge in [0.25, 0.3) is 0 Å². The minimum Gasteiger partial charge on any atom is -0.481 e. The van der Waals surface area contributed by atoms with Gasteiger partial charge < -0.3 is 10.4 Å². The summed E-state index contributed by atoms with van der Waals surface area (Å²) in [5.74, 6) is -0.744. The highest BCUT2D eigenvalue weighted by Gasteiger charge is 2.13. The summed E-state index contributed by atoms with van der Waals surface area (Å²) in [7, 11) is 0. The Morgan fingerprint density at radius 3 is 2.53 bits per heavy atom. The molecule has 2 N–H and O–H groups in total. The summed E-state index contributed by atoms with van der Waals surface area (Å²) in [5.41, 5.74) is 0. The fourth-order valence-corrected chi connectivity index (χ4v) is 2.43. The third-order valence-corrected chi connectivity index (χ3v) is 4.00.